The standard InChI is InChI=1S/C13H19NO3S/c1-11-5-2-3-6-12(11)14-13(9-15)7-4-8-18(16,17)10-13/h2-3,5-6,14-15H,4,7-10H2,1H3. The third-order valence-corrected chi connectivity index (χ3v) is 5.36. The molecule has 2 N–H and O–H groups in total. The van der Waals surface area contributed by atoms with Crippen molar-refractivity contribution in [3.8, 4) is 0 Å². The first kappa shape index (κ1) is 13.4. The maximum Gasteiger partial charge on any atom is 0.152 e. The average Bonchev–Trinajstić information content (AvgIpc) is 2.31. The molecule has 1 fully saturated rings. The number of rotatable bonds is 3. The van der Waals surface area contributed by atoms with Crippen LogP contribution in [-0.4, -0.2) is 37.2 Å². The van der Waals surface area contributed by atoms with E-state index in [0.717, 1.165) is 11.3 Å². The van der Waals surface area contributed by atoms with Gasteiger partial charge in [0.05, 0.1) is 23.7 Å². The number of para-hydroxylation sites is 1. The minimum Gasteiger partial charge on any atom is -0.394 e. The number of anilines is 1. The first-order valence-corrected chi connectivity index (χ1v) is 7.94. The van der Waals surface area contributed by atoms with E-state index in [9.17, 15) is 13.5 Å². The summed E-state index contributed by atoms with van der Waals surface area (Å²) in [5.41, 5.74) is 1.21. The summed E-state index contributed by atoms with van der Waals surface area (Å²) in [5.74, 6) is 0.231. The van der Waals surface area contributed by atoms with E-state index in [1.54, 1.807) is 0 Å². The Labute approximate surface area is 108 Å². The van der Waals surface area contributed by atoms with E-state index in [1.165, 1.54) is 0 Å². The molecular weight excluding hydrogens is 250 g/mol. The molecule has 0 aromatic heterocycles. The lowest BCUT2D eigenvalue weighted by atomic mass is 9.95. The fourth-order valence-electron chi connectivity index (χ4n) is 2.46. The zero-order valence-electron chi connectivity index (χ0n) is 10.5. The predicted octanol–water partition coefficient (Wildman–Crippen LogP) is 1.35. The summed E-state index contributed by atoms with van der Waals surface area (Å²) in [5, 5.41) is 12.8. The van der Waals surface area contributed by atoms with Crippen molar-refractivity contribution in [3.05, 3.63) is 29.8 Å². The quantitative estimate of drug-likeness (QED) is 0.869. The number of benzene rings is 1. The van der Waals surface area contributed by atoms with Crippen molar-refractivity contribution in [2.75, 3.05) is 23.4 Å². The molecule has 100 valence electrons. The van der Waals surface area contributed by atoms with E-state index in [2.05, 4.69) is 5.32 Å². The number of aliphatic hydroxyl groups excluding tert-OH is 1. The van der Waals surface area contributed by atoms with Crippen LogP contribution in [0.3, 0.4) is 0 Å². The Balaban J connectivity index is 2.26. The normalized spacial score (nSPS) is 26.8. The molecule has 0 saturated carbocycles. The number of hydrogen-bond acceptors (Lipinski definition) is 4. The Hall–Kier alpha value is -1.07. The van der Waals surface area contributed by atoms with Crippen LogP contribution in [0.5, 0.6) is 0 Å². The van der Waals surface area contributed by atoms with Crippen LogP contribution in [0.2, 0.25) is 0 Å². The zero-order chi connectivity index (χ0) is 13.2. The van der Waals surface area contributed by atoms with Crippen molar-refractivity contribution in [1.29, 1.82) is 0 Å². The fourth-order valence-corrected chi connectivity index (χ4v) is 4.34. The van der Waals surface area contributed by atoms with E-state index in [4.69, 9.17) is 0 Å². The highest BCUT2D eigenvalue weighted by Gasteiger charge is 2.38. The second-order valence-corrected chi connectivity index (χ2v) is 7.26. The molecule has 18 heavy (non-hydrogen) atoms. The molecule has 0 amide bonds. The Morgan fingerprint density at radius 3 is 2.72 bits per heavy atom. The van der Waals surface area contributed by atoms with Gasteiger partial charge in [-0.25, -0.2) is 8.42 Å². The molecule has 5 heteroatoms. The van der Waals surface area contributed by atoms with Gasteiger partial charge < -0.3 is 10.4 Å². The molecule has 1 aromatic rings. The van der Waals surface area contributed by atoms with Crippen LogP contribution in [0.15, 0.2) is 24.3 Å². The monoisotopic (exact) mass is 269 g/mol. The highest BCUT2D eigenvalue weighted by atomic mass is 32.2. The molecule has 1 aliphatic heterocycles. The topological polar surface area (TPSA) is 66.4 Å². The van der Waals surface area contributed by atoms with Gasteiger partial charge in [-0.15, -0.1) is 0 Å². The summed E-state index contributed by atoms with van der Waals surface area (Å²) in [4.78, 5) is 0. The number of aliphatic hydroxyl groups is 1. The van der Waals surface area contributed by atoms with Crippen LogP contribution >= 0.6 is 0 Å². The lowest BCUT2D eigenvalue weighted by molar-refractivity contribution is 0.212. The minimum atomic E-state index is -3.06. The highest BCUT2D eigenvalue weighted by Crippen LogP contribution is 2.28. The molecule has 1 aliphatic rings. The van der Waals surface area contributed by atoms with Crippen LogP contribution in [0.4, 0.5) is 5.69 Å². The largest absolute Gasteiger partial charge is 0.394 e. The second-order valence-electron chi connectivity index (χ2n) is 5.07. The Morgan fingerprint density at radius 2 is 2.11 bits per heavy atom. The van der Waals surface area contributed by atoms with E-state index < -0.39 is 15.4 Å². The maximum absolute atomic E-state index is 11.7. The maximum atomic E-state index is 11.7. The fraction of sp³-hybridized carbons (Fsp3) is 0.538. The predicted molar refractivity (Wildman–Crippen MR) is 72.5 cm³/mol. The second kappa shape index (κ2) is 4.90. The van der Waals surface area contributed by atoms with Crippen LogP contribution in [0.1, 0.15) is 18.4 Å². The molecule has 0 radical (unpaired) electrons. The van der Waals surface area contributed by atoms with Crippen molar-refractivity contribution in [1.82, 2.24) is 0 Å². The Morgan fingerprint density at radius 1 is 1.39 bits per heavy atom. The van der Waals surface area contributed by atoms with E-state index in [-0.39, 0.29) is 18.1 Å². The lowest BCUT2D eigenvalue weighted by Gasteiger charge is -2.37. The number of hydrogen-bond donors (Lipinski definition) is 2. The van der Waals surface area contributed by atoms with Crippen molar-refractivity contribution in [2.24, 2.45) is 0 Å². The molecule has 1 saturated heterocycles. The van der Waals surface area contributed by atoms with Crippen LogP contribution in [0.25, 0.3) is 0 Å². The van der Waals surface area contributed by atoms with Gasteiger partial charge in [-0.1, -0.05) is 18.2 Å². The van der Waals surface area contributed by atoms with Gasteiger partial charge in [0.2, 0.25) is 0 Å². The number of nitrogens with one attached hydrogen (secondary N) is 1. The summed E-state index contributed by atoms with van der Waals surface area (Å²) in [6.45, 7) is 1.80. The summed E-state index contributed by atoms with van der Waals surface area (Å²) in [7, 11) is -3.06. The SMILES string of the molecule is Cc1ccccc1NC1(CO)CCCS(=O)(=O)C1. The van der Waals surface area contributed by atoms with Crippen LogP contribution < -0.4 is 5.32 Å². The summed E-state index contributed by atoms with van der Waals surface area (Å²) in [6, 6.07) is 7.71. The van der Waals surface area contributed by atoms with Gasteiger partial charge in [0.25, 0.3) is 0 Å². The first-order chi connectivity index (χ1) is 8.46. The van der Waals surface area contributed by atoms with Crippen LogP contribution in [-0.2, 0) is 9.84 Å². The van der Waals surface area contributed by atoms with E-state index in [0.29, 0.717) is 12.8 Å². The summed E-state index contributed by atoms with van der Waals surface area (Å²) >= 11 is 0. The Bertz CT molecular complexity index is 527. The van der Waals surface area contributed by atoms with Crippen molar-refractivity contribution >= 4 is 15.5 Å². The summed E-state index contributed by atoms with van der Waals surface area (Å²) in [6.07, 6.45) is 1.28. The van der Waals surface area contributed by atoms with Crippen molar-refractivity contribution in [2.45, 2.75) is 25.3 Å². The molecular formula is C13H19NO3S. The molecule has 0 aliphatic carbocycles. The third-order valence-electron chi connectivity index (χ3n) is 3.45. The molecule has 1 unspecified atom stereocenters. The van der Waals surface area contributed by atoms with Gasteiger partial charge in [-0.05, 0) is 31.4 Å². The van der Waals surface area contributed by atoms with E-state index >= 15 is 0 Å². The lowest BCUT2D eigenvalue weighted by Crippen LogP contribution is -2.51. The summed E-state index contributed by atoms with van der Waals surface area (Å²) < 4.78 is 23.5. The van der Waals surface area contributed by atoms with Gasteiger partial charge in [0.15, 0.2) is 9.84 Å². The molecule has 1 atom stereocenters. The van der Waals surface area contributed by atoms with Gasteiger partial charge in [-0.3, -0.25) is 0 Å². The van der Waals surface area contributed by atoms with Gasteiger partial charge in [-0.2, -0.15) is 0 Å². The molecule has 0 spiro atoms. The van der Waals surface area contributed by atoms with E-state index in [1.807, 2.05) is 31.2 Å². The molecule has 0 bridgehead atoms. The average molecular weight is 269 g/mol. The van der Waals surface area contributed by atoms with Gasteiger partial charge >= 0.3 is 0 Å². The molecule has 2 rings (SSSR count). The highest BCUT2D eigenvalue weighted by molar-refractivity contribution is 7.91. The molecule has 1 heterocycles. The smallest absolute Gasteiger partial charge is 0.152 e. The molecule has 1 aromatic carbocycles. The zero-order valence-corrected chi connectivity index (χ0v) is 11.3. The van der Waals surface area contributed by atoms with Crippen LogP contribution in [0, 0.1) is 6.92 Å². The number of aryl methyl sites for hydroxylation is 1. The van der Waals surface area contributed by atoms with Gasteiger partial charge in [0.1, 0.15) is 0 Å². The Kier molecular flexibility index (Phi) is 3.64. The molecule has 4 nitrogen and oxygen atoms in total. The van der Waals surface area contributed by atoms with Gasteiger partial charge in [0, 0.05) is 5.69 Å². The third kappa shape index (κ3) is 2.84. The van der Waals surface area contributed by atoms with Crippen molar-refractivity contribution < 1.29 is 13.5 Å². The minimum absolute atomic E-state index is 0.00480. The first-order valence-electron chi connectivity index (χ1n) is 6.11. The van der Waals surface area contributed by atoms with Crippen molar-refractivity contribution in [3.63, 3.8) is 0 Å². The number of sulfone groups is 1.